The van der Waals surface area contributed by atoms with Crippen LogP contribution in [0.3, 0.4) is 0 Å². The second-order valence-corrected chi connectivity index (χ2v) is 7.56. The first-order valence-corrected chi connectivity index (χ1v) is 9.22. The zero-order chi connectivity index (χ0) is 21.4. The van der Waals surface area contributed by atoms with E-state index in [1.165, 1.54) is 6.07 Å². The highest BCUT2D eigenvalue weighted by molar-refractivity contribution is 5.68. The molecule has 0 saturated carbocycles. The Labute approximate surface area is 169 Å². The zero-order valence-corrected chi connectivity index (χ0v) is 16.8. The minimum atomic E-state index is -0.657. The maximum atomic E-state index is 11.9. The summed E-state index contributed by atoms with van der Waals surface area (Å²) in [6.45, 7) is 5.11. The molecule has 8 nitrogen and oxygen atoms in total. The number of ether oxygens (including phenoxy) is 2. The first-order chi connectivity index (χ1) is 13.7. The number of benzene rings is 2. The fraction of sp³-hybridized carbons (Fsp3) is 0.381. The van der Waals surface area contributed by atoms with Gasteiger partial charge < -0.3 is 19.9 Å². The zero-order valence-electron chi connectivity index (χ0n) is 16.8. The highest BCUT2D eigenvalue weighted by Crippen LogP contribution is 2.29. The van der Waals surface area contributed by atoms with Crippen LogP contribution in [0, 0.1) is 10.1 Å². The monoisotopic (exact) mass is 402 g/mol. The Morgan fingerprint density at radius 2 is 1.86 bits per heavy atom. The molecule has 156 valence electrons. The van der Waals surface area contributed by atoms with Crippen molar-refractivity contribution in [1.29, 1.82) is 0 Å². The molecule has 0 bridgehead atoms. The molecule has 0 fully saturated rings. The molecule has 0 aliphatic rings. The number of nitro groups is 1. The fourth-order valence-corrected chi connectivity index (χ4v) is 2.61. The number of alkyl carbamates (subject to hydrolysis) is 1. The van der Waals surface area contributed by atoms with Gasteiger partial charge in [-0.3, -0.25) is 10.1 Å². The third-order valence-corrected chi connectivity index (χ3v) is 3.88. The third-order valence-electron chi connectivity index (χ3n) is 3.88. The van der Waals surface area contributed by atoms with E-state index in [1.807, 2.05) is 30.3 Å². The van der Waals surface area contributed by atoms with Crippen LogP contribution in [0.25, 0.3) is 0 Å². The van der Waals surface area contributed by atoms with E-state index in [-0.39, 0.29) is 31.1 Å². The number of rotatable bonds is 8. The van der Waals surface area contributed by atoms with Crippen molar-refractivity contribution in [3.63, 3.8) is 0 Å². The minimum Gasteiger partial charge on any atom is -0.482 e. The molecule has 0 spiro atoms. The number of nitro benzene ring substituents is 1. The smallest absolute Gasteiger partial charge is 0.407 e. The van der Waals surface area contributed by atoms with Crippen molar-refractivity contribution in [3.8, 4) is 5.75 Å². The van der Waals surface area contributed by atoms with Crippen LogP contribution in [0.4, 0.5) is 10.5 Å². The van der Waals surface area contributed by atoms with Crippen molar-refractivity contribution in [2.24, 2.45) is 0 Å². The van der Waals surface area contributed by atoms with Crippen LogP contribution in [0.2, 0.25) is 0 Å². The highest BCUT2D eigenvalue weighted by atomic mass is 16.6. The van der Waals surface area contributed by atoms with E-state index in [4.69, 9.17) is 9.47 Å². The van der Waals surface area contributed by atoms with Crippen LogP contribution in [-0.4, -0.2) is 34.4 Å². The second-order valence-electron chi connectivity index (χ2n) is 7.56. The SMILES string of the molecule is CC(C)(C)OC(=O)NC(CO)Cc1ccc([N+](=O)[O-])c(OCc2ccccc2)c1. The Kier molecular flexibility index (Phi) is 7.55. The number of nitrogens with zero attached hydrogens (tertiary/aromatic N) is 1. The van der Waals surface area contributed by atoms with E-state index in [1.54, 1.807) is 32.9 Å². The lowest BCUT2D eigenvalue weighted by Gasteiger charge is -2.23. The normalized spacial score (nSPS) is 12.1. The number of hydrogen-bond acceptors (Lipinski definition) is 6. The summed E-state index contributed by atoms with van der Waals surface area (Å²) in [5.74, 6) is 0.130. The number of carbonyl (C=O) groups is 1. The lowest BCUT2D eigenvalue weighted by Crippen LogP contribution is -2.42. The molecule has 1 atom stereocenters. The number of aliphatic hydroxyl groups is 1. The molecule has 2 rings (SSSR count). The van der Waals surface area contributed by atoms with Crippen molar-refractivity contribution in [2.45, 2.75) is 45.4 Å². The van der Waals surface area contributed by atoms with Crippen molar-refractivity contribution in [1.82, 2.24) is 5.32 Å². The number of hydrogen-bond donors (Lipinski definition) is 2. The van der Waals surface area contributed by atoms with Gasteiger partial charge in [-0.1, -0.05) is 36.4 Å². The maximum Gasteiger partial charge on any atom is 0.407 e. The molecule has 8 heteroatoms. The summed E-state index contributed by atoms with van der Waals surface area (Å²) in [6, 6.07) is 13.2. The van der Waals surface area contributed by atoms with Gasteiger partial charge in [0.1, 0.15) is 12.2 Å². The predicted molar refractivity (Wildman–Crippen MR) is 108 cm³/mol. The van der Waals surface area contributed by atoms with Gasteiger partial charge in [-0.2, -0.15) is 0 Å². The lowest BCUT2D eigenvalue weighted by molar-refractivity contribution is -0.386. The molecule has 0 saturated heterocycles. The lowest BCUT2D eigenvalue weighted by atomic mass is 10.1. The summed E-state index contributed by atoms with van der Waals surface area (Å²) >= 11 is 0. The van der Waals surface area contributed by atoms with Gasteiger partial charge in [0.25, 0.3) is 0 Å². The van der Waals surface area contributed by atoms with Gasteiger partial charge in [-0.15, -0.1) is 0 Å². The molecule has 2 aromatic rings. The molecule has 0 aliphatic carbocycles. The van der Waals surface area contributed by atoms with E-state index in [9.17, 15) is 20.0 Å². The summed E-state index contributed by atoms with van der Waals surface area (Å²) in [6.07, 6.45) is -0.380. The van der Waals surface area contributed by atoms with E-state index >= 15 is 0 Å². The molecule has 1 unspecified atom stereocenters. The van der Waals surface area contributed by atoms with Crippen LogP contribution in [0.1, 0.15) is 31.9 Å². The van der Waals surface area contributed by atoms with Crippen LogP contribution in [0.15, 0.2) is 48.5 Å². The van der Waals surface area contributed by atoms with Crippen molar-refractivity contribution < 1.29 is 24.3 Å². The molecule has 2 aromatic carbocycles. The van der Waals surface area contributed by atoms with Crippen molar-refractivity contribution in [3.05, 3.63) is 69.8 Å². The van der Waals surface area contributed by atoms with Crippen LogP contribution >= 0.6 is 0 Å². The molecule has 2 N–H and O–H groups in total. The molecule has 0 aliphatic heterocycles. The molecular formula is C21H26N2O6. The van der Waals surface area contributed by atoms with Gasteiger partial charge in [0, 0.05) is 6.07 Å². The Morgan fingerprint density at radius 3 is 2.45 bits per heavy atom. The first kappa shape index (κ1) is 22.2. The van der Waals surface area contributed by atoms with E-state index < -0.39 is 22.7 Å². The average molecular weight is 402 g/mol. The minimum absolute atomic E-state index is 0.130. The van der Waals surface area contributed by atoms with Crippen molar-refractivity contribution >= 4 is 11.8 Å². The summed E-state index contributed by atoms with van der Waals surface area (Å²) in [7, 11) is 0. The van der Waals surface area contributed by atoms with Crippen LogP contribution in [-0.2, 0) is 17.8 Å². The molecule has 0 heterocycles. The van der Waals surface area contributed by atoms with Gasteiger partial charge in [0.2, 0.25) is 0 Å². The first-order valence-electron chi connectivity index (χ1n) is 9.22. The number of nitrogens with one attached hydrogen (secondary N) is 1. The van der Waals surface area contributed by atoms with Crippen LogP contribution < -0.4 is 10.1 Å². The number of amides is 1. The van der Waals surface area contributed by atoms with E-state index in [0.717, 1.165) is 5.56 Å². The molecule has 1 amide bonds. The molecular weight excluding hydrogens is 376 g/mol. The standard InChI is InChI=1S/C21H26N2O6/c1-21(2,3)29-20(25)22-17(13-24)11-16-9-10-18(23(26)27)19(12-16)28-14-15-7-5-4-6-8-15/h4-10,12,17,24H,11,13-14H2,1-3H3,(H,22,25). The maximum absolute atomic E-state index is 11.9. The Balaban J connectivity index is 2.11. The Morgan fingerprint density at radius 1 is 1.17 bits per heavy atom. The van der Waals surface area contributed by atoms with E-state index in [2.05, 4.69) is 5.32 Å². The Hall–Kier alpha value is -3.13. The number of carbonyl (C=O) groups excluding carboxylic acids is 1. The largest absolute Gasteiger partial charge is 0.482 e. The van der Waals surface area contributed by atoms with Crippen LogP contribution in [0.5, 0.6) is 5.75 Å². The van der Waals surface area contributed by atoms with Crippen molar-refractivity contribution in [2.75, 3.05) is 6.61 Å². The topological polar surface area (TPSA) is 111 Å². The highest BCUT2D eigenvalue weighted by Gasteiger charge is 2.21. The number of aliphatic hydroxyl groups excluding tert-OH is 1. The quantitative estimate of drug-likeness (QED) is 0.515. The molecule has 0 aromatic heterocycles. The molecule has 0 radical (unpaired) electrons. The molecule has 29 heavy (non-hydrogen) atoms. The van der Waals surface area contributed by atoms with Gasteiger partial charge in [0.15, 0.2) is 5.75 Å². The summed E-state index contributed by atoms with van der Waals surface area (Å²) < 4.78 is 10.9. The second kappa shape index (κ2) is 9.88. The average Bonchev–Trinajstić information content (AvgIpc) is 2.65. The predicted octanol–water partition coefficient (Wildman–Crippen LogP) is 3.60. The van der Waals surface area contributed by atoms with Gasteiger partial charge in [-0.05, 0) is 44.4 Å². The fourth-order valence-electron chi connectivity index (χ4n) is 2.61. The van der Waals surface area contributed by atoms with Gasteiger partial charge >= 0.3 is 11.8 Å². The van der Waals surface area contributed by atoms with Gasteiger partial charge in [-0.25, -0.2) is 4.79 Å². The van der Waals surface area contributed by atoms with Gasteiger partial charge in [0.05, 0.1) is 17.6 Å². The summed E-state index contributed by atoms with van der Waals surface area (Å²) in [5.41, 5.74) is 0.752. The Bertz CT molecular complexity index is 833. The third kappa shape index (κ3) is 7.42. The van der Waals surface area contributed by atoms with E-state index in [0.29, 0.717) is 5.56 Å². The summed E-state index contributed by atoms with van der Waals surface area (Å²) in [4.78, 5) is 22.7. The summed E-state index contributed by atoms with van der Waals surface area (Å²) in [5, 5.41) is 23.5.